The summed E-state index contributed by atoms with van der Waals surface area (Å²) in [5, 5.41) is 13.7. The highest BCUT2D eigenvalue weighted by Gasteiger charge is 2.21. The van der Waals surface area contributed by atoms with Crippen LogP contribution in [0.4, 0.5) is 19.1 Å². The second-order valence-electron chi connectivity index (χ2n) is 7.99. The van der Waals surface area contributed by atoms with Gasteiger partial charge in [0.05, 0.1) is 34.9 Å². The van der Waals surface area contributed by atoms with Crippen molar-refractivity contribution < 1.29 is 13.2 Å². The first-order valence-corrected chi connectivity index (χ1v) is 11.1. The number of nitrogens with one attached hydrogen (secondary N) is 3. The largest absolute Gasteiger partial charge is 0.393 e. The monoisotopic (exact) mass is 529 g/mol. The number of pyridine rings is 1. The van der Waals surface area contributed by atoms with Crippen LogP contribution in [-0.2, 0) is 6.54 Å². The maximum Gasteiger partial charge on any atom is 0.359 e. The molecular formula is C24H19ClF3N7O2. The van der Waals surface area contributed by atoms with Crippen LogP contribution in [0.2, 0.25) is 0 Å². The first-order chi connectivity index (χ1) is 17.6. The van der Waals surface area contributed by atoms with Crippen LogP contribution in [0, 0.1) is 29.8 Å². The molecule has 0 saturated carbocycles. The Balaban J connectivity index is 1.90. The summed E-state index contributed by atoms with van der Waals surface area (Å²) in [7, 11) is 1.64. The molecule has 0 atom stereocenters. The lowest BCUT2D eigenvalue weighted by Gasteiger charge is -2.19. The Morgan fingerprint density at radius 3 is 2.46 bits per heavy atom. The van der Waals surface area contributed by atoms with Crippen molar-refractivity contribution in [1.29, 1.82) is 5.41 Å². The SMILES string of the molecule is CN/C=C1/C=C(Nc2nc(=O)n(-c3cncc(C)c3)c(=O)n2Cc2cc(F)c(F)c(F)c2)C(Cl)=CC1=N. The average molecular weight is 530 g/mol. The number of allylic oxidation sites excluding steroid dienone is 4. The number of aromatic nitrogens is 4. The van der Waals surface area contributed by atoms with Crippen LogP contribution in [0.25, 0.3) is 5.69 Å². The van der Waals surface area contributed by atoms with Crippen molar-refractivity contribution in [2.75, 3.05) is 12.4 Å². The summed E-state index contributed by atoms with van der Waals surface area (Å²) in [5.74, 6) is -4.84. The smallest absolute Gasteiger partial charge is 0.359 e. The zero-order valence-electron chi connectivity index (χ0n) is 19.4. The van der Waals surface area contributed by atoms with Crippen LogP contribution in [0.5, 0.6) is 0 Å². The van der Waals surface area contributed by atoms with Crippen molar-refractivity contribution in [2.45, 2.75) is 13.5 Å². The van der Waals surface area contributed by atoms with Crippen LogP contribution < -0.4 is 22.0 Å². The maximum atomic E-state index is 13.9. The summed E-state index contributed by atoms with van der Waals surface area (Å²) in [6, 6.07) is 3.01. The van der Waals surface area contributed by atoms with E-state index in [1.54, 1.807) is 14.0 Å². The molecule has 0 fully saturated rings. The topological polar surface area (TPSA) is 118 Å². The predicted octanol–water partition coefficient (Wildman–Crippen LogP) is 3.12. The van der Waals surface area contributed by atoms with E-state index in [4.69, 9.17) is 17.0 Å². The second kappa shape index (κ2) is 10.3. The zero-order chi connectivity index (χ0) is 26.9. The lowest BCUT2D eigenvalue weighted by molar-refractivity contribution is 0.444. The minimum absolute atomic E-state index is 0.0879. The first kappa shape index (κ1) is 25.6. The molecule has 3 aromatic rings. The molecule has 0 radical (unpaired) electrons. The normalized spacial score (nSPS) is 14.4. The molecule has 0 amide bonds. The van der Waals surface area contributed by atoms with E-state index < -0.39 is 35.4 Å². The Morgan fingerprint density at radius 2 is 1.81 bits per heavy atom. The van der Waals surface area contributed by atoms with Crippen molar-refractivity contribution in [3.63, 3.8) is 0 Å². The Morgan fingerprint density at radius 1 is 1.11 bits per heavy atom. The highest BCUT2D eigenvalue weighted by molar-refractivity contribution is 6.35. The van der Waals surface area contributed by atoms with E-state index in [2.05, 4.69) is 20.6 Å². The molecule has 2 aromatic heterocycles. The lowest BCUT2D eigenvalue weighted by Crippen LogP contribution is -2.42. The van der Waals surface area contributed by atoms with Gasteiger partial charge in [-0.05, 0) is 48.4 Å². The van der Waals surface area contributed by atoms with Gasteiger partial charge in [0.2, 0.25) is 5.95 Å². The molecule has 190 valence electrons. The number of hydrogen-bond acceptors (Lipinski definition) is 7. The van der Waals surface area contributed by atoms with Gasteiger partial charge in [0.15, 0.2) is 17.5 Å². The Labute approximate surface area is 212 Å². The quantitative estimate of drug-likeness (QED) is 0.422. The summed E-state index contributed by atoms with van der Waals surface area (Å²) in [4.78, 5) is 34.5. The van der Waals surface area contributed by atoms with Crippen molar-refractivity contribution in [3.05, 3.63) is 115 Å². The van der Waals surface area contributed by atoms with Crippen LogP contribution in [0.1, 0.15) is 11.1 Å². The summed E-state index contributed by atoms with van der Waals surface area (Å²) in [6.45, 7) is 1.23. The fourth-order valence-electron chi connectivity index (χ4n) is 3.58. The third-order valence-electron chi connectivity index (χ3n) is 5.26. The molecule has 0 bridgehead atoms. The van der Waals surface area contributed by atoms with E-state index in [1.807, 2.05) is 0 Å². The molecule has 13 heteroatoms. The number of rotatable bonds is 6. The van der Waals surface area contributed by atoms with Crippen LogP contribution >= 0.6 is 11.6 Å². The first-order valence-electron chi connectivity index (χ1n) is 10.7. The molecule has 2 heterocycles. The van der Waals surface area contributed by atoms with Gasteiger partial charge in [-0.1, -0.05) is 11.6 Å². The minimum atomic E-state index is -1.65. The number of anilines is 1. The van der Waals surface area contributed by atoms with Crippen molar-refractivity contribution in [1.82, 2.24) is 24.4 Å². The molecule has 0 unspecified atom stereocenters. The van der Waals surface area contributed by atoms with Crippen LogP contribution in [0.3, 0.4) is 0 Å². The Kier molecular flexibility index (Phi) is 7.11. The van der Waals surface area contributed by atoms with Gasteiger partial charge in [0.1, 0.15) is 0 Å². The molecule has 1 aromatic carbocycles. The van der Waals surface area contributed by atoms with Gasteiger partial charge in [0.25, 0.3) is 0 Å². The van der Waals surface area contributed by atoms with Gasteiger partial charge < -0.3 is 16.0 Å². The van der Waals surface area contributed by atoms with E-state index in [-0.39, 0.29) is 33.6 Å². The predicted molar refractivity (Wildman–Crippen MR) is 133 cm³/mol. The molecule has 1 aliphatic carbocycles. The molecule has 3 N–H and O–H groups in total. The molecule has 9 nitrogen and oxygen atoms in total. The lowest BCUT2D eigenvalue weighted by atomic mass is 10.0. The number of benzene rings is 1. The zero-order valence-corrected chi connectivity index (χ0v) is 20.2. The van der Waals surface area contributed by atoms with Crippen molar-refractivity contribution >= 4 is 23.3 Å². The van der Waals surface area contributed by atoms with Gasteiger partial charge in [-0.2, -0.15) is 4.98 Å². The maximum absolute atomic E-state index is 13.9. The van der Waals surface area contributed by atoms with Gasteiger partial charge in [-0.15, -0.1) is 0 Å². The average Bonchev–Trinajstić information content (AvgIpc) is 2.83. The molecule has 0 aliphatic heterocycles. The molecule has 0 spiro atoms. The third-order valence-corrected chi connectivity index (χ3v) is 5.57. The molecular weight excluding hydrogens is 511 g/mol. The fourth-order valence-corrected chi connectivity index (χ4v) is 3.79. The number of aryl methyl sites for hydroxylation is 1. The Bertz CT molecular complexity index is 1620. The van der Waals surface area contributed by atoms with E-state index >= 15 is 0 Å². The van der Waals surface area contributed by atoms with Crippen LogP contribution in [-0.4, -0.2) is 31.9 Å². The van der Waals surface area contributed by atoms with Crippen molar-refractivity contribution in [2.24, 2.45) is 0 Å². The van der Waals surface area contributed by atoms with Gasteiger partial charge >= 0.3 is 11.4 Å². The van der Waals surface area contributed by atoms with Gasteiger partial charge in [-0.25, -0.2) is 27.3 Å². The Hall–Kier alpha value is -4.45. The van der Waals surface area contributed by atoms with Gasteiger partial charge in [-0.3, -0.25) is 9.55 Å². The van der Waals surface area contributed by atoms with E-state index in [0.717, 1.165) is 21.3 Å². The second-order valence-corrected chi connectivity index (χ2v) is 8.40. The molecule has 37 heavy (non-hydrogen) atoms. The minimum Gasteiger partial charge on any atom is -0.393 e. The van der Waals surface area contributed by atoms with E-state index in [1.165, 1.54) is 36.8 Å². The number of halogens is 4. The summed E-state index contributed by atoms with van der Waals surface area (Å²) in [5.41, 5.74) is -0.436. The molecule has 0 saturated heterocycles. The summed E-state index contributed by atoms with van der Waals surface area (Å²) in [6.07, 6.45) is 7.19. The van der Waals surface area contributed by atoms with Crippen molar-refractivity contribution in [3.8, 4) is 5.69 Å². The van der Waals surface area contributed by atoms with Crippen LogP contribution in [0.15, 0.2) is 74.8 Å². The van der Waals surface area contributed by atoms with Gasteiger partial charge in [0, 0.05) is 25.0 Å². The number of hydrogen-bond donors (Lipinski definition) is 3. The standard InChI is InChI=1S/C24H19ClF3N7O2/c1-12-3-15(10-31-8-12)35-23(36)33-22(32-20-6-14(9-30-2)19(29)7-16(20)25)34(24(35)37)11-13-4-17(26)21(28)18(27)5-13/h3-10,29-30H,11H2,1-2H3,(H,32,33,36)/b14-9-,29-19?. The number of nitrogens with zero attached hydrogens (tertiary/aromatic N) is 4. The highest BCUT2D eigenvalue weighted by Crippen LogP contribution is 2.24. The molecule has 1 aliphatic rings. The molecule has 4 rings (SSSR count). The summed E-state index contributed by atoms with van der Waals surface area (Å²) < 4.78 is 43.0. The van der Waals surface area contributed by atoms with E-state index in [9.17, 15) is 22.8 Å². The fraction of sp³-hybridized carbons (Fsp3) is 0.125. The highest BCUT2D eigenvalue weighted by atomic mass is 35.5. The third kappa shape index (κ3) is 5.23. The summed E-state index contributed by atoms with van der Waals surface area (Å²) >= 11 is 6.28. The van der Waals surface area contributed by atoms with E-state index in [0.29, 0.717) is 11.1 Å².